The Morgan fingerprint density at radius 2 is 1.77 bits per heavy atom. The topological polar surface area (TPSA) is 22.1 Å². The Hall–Kier alpha value is -1.05. The molecule has 1 heterocycles. The zero-order valence-electron chi connectivity index (χ0n) is 7.50. The molecule has 1 aliphatic rings. The van der Waals surface area contributed by atoms with E-state index in [1.54, 1.807) is 0 Å². The van der Waals surface area contributed by atoms with Gasteiger partial charge in [-0.25, -0.2) is 0 Å². The number of hydrogen-bond donors (Lipinski definition) is 0. The summed E-state index contributed by atoms with van der Waals surface area (Å²) in [6.07, 6.45) is 2.90. The van der Waals surface area contributed by atoms with Crippen LogP contribution >= 0.6 is 0 Å². The summed E-state index contributed by atoms with van der Waals surface area (Å²) >= 11 is 0. The first kappa shape index (κ1) is 10.0. The highest BCUT2D eigenvalue weighted by Gasteiger charge is 2.23. The Kier molecular flexibility index (Phi) is 2.91. The maximum absolute atomic E-state index is 5.65. The molecule has 1 saturated carbocycles. The summed E-state index contributed by atoms with van der Waals surface area (Å²) in [4.78, 5) is 4.28. The average Bonchev–Trinajstić information content (AvgIpc) is 2.68. The second-order valence-corrected chi connectivity index (χ2v) is 3.40. The van der Waals surface area contributed by atoms with Crippen LogP contribution in [0.25, 0.3) is 0 Å². The van der Waals surface area contributed by atoms with Crippen molar-refractivity contribution in [3.8, 4) is 5.75 Å². The summed E-state index contributed by atoms with van der Waals surface area (Å²) in [5.41, 5.74) is 2.07. The molecule has 0 aromatic carbocycles. The van der Waals surface area contributed by atoms with Gasteiger partial charge in [-0.05, 0) is 26.7 Å². The van der Waals surface area contributed by atoms with Crippen LogP contribution in [-0.2, 0) is 0 Å². The second-order valence-electron chi connectivity index (χ2n) is 3.40. The van der Waals surface area contributed by atoms with Crippen molar-refractivity contribution in [1.29, 1.82) is 0 Å². The molecule has 0 unspecified atom stereocenters. The third-order valence-electron chi connectivity index (χ3n) is 1.88. The predicted octanol–water partition coefficient (Wildman–Crippen LogP) is 2.88. The smallest absolute Gasteiger partial charge is 0.123 e. The summed E-state index contributed by atoms with van der Waals surface area (Å²) in [6, 6.07) is 3.98. The highest BCUT2D eigenvalue weighted by molar-refractivity contribution is 5.26. The SMILES string of the molecule is C.Cc1cc(OC2CC2)cc(C)n1. The lowest BCUT2D eigenvalue weighted by atomic mass is 10.3. The molecule has 72 valence electrons. The molecule has 0 N–H and O–H groups in total. The van der Waals surface area contributed by atoms with E-state index in [0.717, 1.165) is 17.1 Å². The lowest BCUT2D eigenvalue weighted by molar-refractivity contribution is 0.302. The number of aryl methyl sites for hydroxylation is 2. The minimum atomic E-state index is 0. The van der Waals surface area contributed by atoms with Crippen LogP contribution in [0.1, 0.15) is 31.7 Å². The molecule has 1 fully saturated rings. The summed E-state index contributed by atoms with van der Waals surface area (Å²) < 4.78 is 5.65. The van der Waals surface area contributed by atoms with E-state index in [2.05, 4.69) is 4.98 Å². The van der Waals surface area contributed by atoms with Gasteiger partial charge in [0.15, 0.2) is 0 Å². The largest absolute Gasteiger partial charge is 0.490 e. The van der Waals surface area contributed by atoms with E-state index in [0.29, 0.717) is 6.10 Å². The number of ether oxygens (including phenoxy) is 1. The van der Waals surface area contributed by atoms with E-state index in [1.165, 1.54) is 12.8 Å². The molecule has 1 aromatic rings. The molecule has 0 saturated heterocycles. The van der Waals surface area contributed by atoms with Gasteiger partial charge in [-0.15, -0.1) is 0 Å². The Labute approximate surface area is 80.0 Å². The van der Waals surface area contributed by atoms with Crippen molar-refractivity contribution in [3.63, 3.8) is 0 Å². The fraction of sp³-hybridized carbons (Fsp3) is 0.545. The quantitative estimate of drug-likeness (QED) is 0.696. The standard InChI is InChI=1S/C10H13NO.CH4/c1-7-5-10(6-8(2)11-7)12-9-3-4-9;/h5-6,9H,3-4H2,1-2H3;1H4. The van der Waals surface area contributed by atoms with Gasteiger partial charge < -0.3 is 4.74 Å². The van der Waals surface area contributed by atoms with Crippen LogP contribution in [0.2, 0.25) is 0 Å². The second kappa shape index (κ2) is 3.77. The van der Waals surface area contributed by atoms with E-state index in [-0.39, 0.29) is 7.43 Å². The van der Waals surface area contributed by atoms with Crippen LogP contribution < -0.4 is 4.74 Å². The number of pyridine rings is 1. The van der Waals surface area contributed by atoms with E-state index >= 15 is 0 Å². The minimum Gasteiger partial charge on any atom is -0.490 e. The third-order valence-corrected chi connectivity index (χ3v) is 1.88. The summed E-state index contributed by atoms with van der Waals surface area (Å²) in [5.74, 6) is 0.975. The molecule has 0 radical (unpaired) electrons. The first-order valence-electron chi connectivity index (χ1n) is 4.36. The molecular weight excluding hydrogens is 162 g/mol. The van der Waals surface area contributed by atoms with Gasteiger partial charge in [0.1, 0.15) is 5.75 Å². The van der Waals surface area contributed by atoms with Gasteiger partial charge >= 0.3 is 0 Å². The number of aromatic nitrogens is 1. The molecule has 2 heteroatoms. The molecule has 0 spiro atoms. The maximum atomic E-state index is 5.65. The van der Waals surface area contributed by atoms with E-state index in [1.807, 2.05) is 26.0 Å². The molecule has 1 aliphatic carbocycles. The highest BCUT2D eigenvalue weighted by atomic mass is 16.5. The molecule has 0 atom stereocenters. The van der Waals surface area contributed by atoms with Crippen LogP contribution in [-0.4, -0.2) is 11.1 Å². The molecule has 2 rings (SSSR count). The van der Waals surface area contributed by atoms with Crippen LogP contribution in [0.4, 0.5) is 0 Å². The summed E-state index contributed by atoms with van der Waals surface area (Å²) in [6.45, 7) is 3.99. The van der Waals surface area contributed by atoms with Crippen molar-refractivity contribution in [2.75, 3.05) is 0 Å². The van der Waals surface area contributed by atoms with Crippen LogP contribution in [0, 0.1) is 13.8 Å². The van der Waals surface area contributed by atoms with Crippen LogP contribution in [0.3, 0.4) is 0 Å². The van der Waals surface area contributed by atoms with E-state index in [4.69, 9.17) is 4.74 Å². The third kappa shape index (κ3) is 2.72. The Morgan fingerprint density at radius 3 is 2.23 bits per heavy atom. The Bertz CT molecular complexity index is 272. The van der Waals surface area contributed by atoms with Crippen molar-refractivity contribution in [3.05, 3.63) is 23.5 Å². The van der Waals surface area contributed by atoms with Gasteiger partial charge in [-0.2, -0.15) is 0 Å². The maximum Gasteiger partial charge on any atom is 0.123 e. The molecule has 0 bridgehead atoms. The fourth-order valence-corrected chi connectivity index (χ4v) is 1.24. The number of nitrogens with zero attached hydrogens (tertiary/aromatic N) is 1. The zero-order chi connectivity index (χ0) is 8.55. The van der Waals surface area contributed by atoms with Crippen molar-refractivity contribution in [2.45, 2.75) is 40.2 Å². The fourth-order valence-electron chi connectivity index (χ4n) is 1.24. The molecule has 1 aromatic heterocycles. The summed E-state index contributed by atoms with van der Waals surface area (Å²) in [7, 11) is 0. The van der Waals surface area contributed by atoms with Gasteiger partial charge in [0.25, 0.3) is 0 Å². The first-order chi connectivity index (χ1) is 5.74. The molecule has 0 amide bonds. The van der Waals surface area contributed by atoms with Crippen molar-refractivity contribution < 1.29 is 4.74 Å². The molecule has 0 aliphatic heterocycles. The zero-order valence-corrected chi connectivity index (χ0v) is 7.50. The normalized spacial score (nSPS) is 14.9. The Morgan fingerprint density at radius 1 is 1.23 bits per heavy atom. The van der Waals surface area contributed by atoms with Crippen LogP contribution in [0.15, 0.2) is 12.1 Å². The molecule has 2 nitrogen and oxygen atoms in total. The van der Waals surface area contributed by atoms with Gasteiger partial charge in [0, 0.05) is 23.5 Å². The van der Waals surface area contributed by atoms with Gasteiger partial charge in [-0.1, -0.05) is 7.43 Å². The lowest BCUT2D eigenvalue weighted by Gasteiger charge is -2.05. The van der Waals surface area contributed by atoms with Crippen molar-refractivity contribution in [1.82, 2.24) is 4.98 Å². The van der Waals surface area contributed by atoms with E-state index < -0.39 is 0 Å². The van der Waals surface area contributed by atoms with Gasteiger partial charge in [-0.3, -0.25) is 4.98 Å². The monoisotopic (exact) mass is 179 g/mol. The number of hydrogen-bond acceptors (Lipinski definition) is 2. The molecule has 13 heavy (non-hydrogen) atoms. The lowest BCUT2D eigenvalue weighted by Crippen LogP contribution is -1.97. The highest BCUT2D eigenvalue weighted by Crippen LogP contribution is 2.27. The minimum absolute atomic E-state index is 0. The predicted molar refractivity (Wildman–Crippen MR) is 54.1 cm³/mol. The first-order valence-corrected chi connectivity index (χ1v) is 4.36. The van der Waals surface area contributed by atoms with Crippen molar-refractivity contribution in [2.24, 2.45) is 0 Å². The Balaban J connectivity index is 0.000000845. The number of rotatable bonds is 2. The van der Waals surface area contributed by atoms with Crippen molar-refractivity contribution >= 4 is 0 Å². The van der Waals surface area contributed by atoms with Gasteiger partial charge in [0.2, 0.25) is 0 Å². The summed E-state index contributed by atoms with van der Waals surface area (Å²) in [5, 5.41) is 0. The van der Waals surface area contributed by atoms with Crippen LogP contribution in [0.5, 0.6) is 5.75 Å². The molecular formula is C11H17NO. The van der Waals surface area contributed by atoms with E-state index in [9.17, 15) is 0 Å². The average molecular weight is 179 g/mol. The van der Waals surface area contributed by atoms with Gasteiger partial charge in [0.05, 0.1) is 6.10 Å².